The largest absolute Gasteiger partial charge is 0.416 e. The second-order valence-electron chi connectivity index (χ2n) is 4.53. The normalized spacial score (nSPS) is 11.4. The van der Waals surface area contributed by atoms with Crippen molar-refractivity contribution in [2.75, 3.05) is 5.32 Å². The van der Waals surface area contributed by atoms with Crippen LogP contribution in [0.1, 0.15) is 16.1 Å². The van der Waals surface area contributed by atoms with Gasteiger partial charge in [-0.2, -0.15) is 33.7 Å². The van der Waals surface area contributed by atoms with Crippen molar-refractivity contribution in [1.29, 1.82) is 0 Å². The van der Waals surface area contributed by atoms with Gasteiger partial charge in [0, 0.05) is 0 Å². The lowest BCUT2D eigenvalue weighted by molar-refractivity contribution is -0.137. The van der Waals surface area contributed by atoms with Crippen molar-refractivity contribution < 1.29 is 18.0 Å². The average molecular weight is 322 g/mol. The van der Waals surface area contributed by atoms with Gasteiger partial charge in [-0.15, -0.1) is 0 Å². The molecule has 0 atom stereocenters. The summed E-state index contributed by atoms with van der Waals surface area (Å²) in [4.78, 5) is 11.8. The first-order valence-electron chi connectivity index (χ1n) is 6.33. The highest BCUT2D eigenvalue weighted by Gasteiger charge is 2.30. The lowest BCUT2D eigenvalue weighted by Crippen LogP contribution is -2.11. The summed E-state index contributed by atoms with van der Waals surface area (Å²) in [6.07, 6.45) is -0.481. The predicted molar refractivity (Wildman–Crippen MR) is 72.9 cm³/mol. The maximum Gasteiger partial charge on any atom is 0.416 e. The highest BCUT2D eigenvalue weighted by Crippen LogP contribution is 2.30. The van der Waals surface area contributed by atoms with E-state index >= 15 is 0 Å². The second-order valence-corrected chi connectivity index (χ2v) is 4.53. The molecule has 3 aromatic rings. The number of carbonyl (C=O) groups excluding carboxylic acids is 1. The van der Waals surface area contributed by atoms with Gasteiger partial charge in [-0.25, -0.2) is 4.68 Å². The fraction of sp³-hybridized carbons (Fsp3) is 0.0769. The molecule has 2 heterocycles. The molecule has 2 aromatic heterocycles. The van der Waals surface area contributed by atoms with Crippen LogP contribution in [0, 0.1) is 0 Å². The number of H-pyrrole nitrogens is 1. The maximum absolute atomic E-state index is 12.7. The monoisotopic (exact) mass is 322 g/mol. The fourth-order valence-electron chi connectivity index (χ4n) is 1.86. The van der Waals surface area contributed by atoms with E-state index in [-0.39, 0.29) is 11.4 Å². The Bertz CT molecular complexity index is 824. The first kappa shape index (κ1) is 14.8. The number of alkyl halides is 3. The highest BCUT2D eigenvalue weighted by atomic mass is 19.4. The highest BCUT2D eigenvalue weighted by molar-refractivity contribution is 6.02. The van der Waals surface area contributed by atoms with Gasteiger partial charge >= 0.3 is 6.18 Å². The molecule has 7 nitrogen and oxygen atoms in total. The van der Waals surface area contributed by atoms with Crippen LogP contribution in [0.15, 0.2) is 42.9 Å². The number of hydrogen-bond acceptors (Lipinski definition) is 4. The van der Waals surface area contributed by atoms with Crippen LogP contribution in [-0.4, -0.2) is 31.1 Å². The number of rotatable bonds is 3. The SMILES string of the molecule is O=C(Nc1cnn(-c2cccc(C(F)(F)F)c2)c1)c1cn[nH]n1. The molecule has 0 bridgehead atoms. The molecule has 0 unspecified atom stereocenters. The quantitative estimate of drug-likeness (QED) is 0.774. The molecule has 0 radical (unpaired) electrons. The first-order valence-corrected chi connectivity index (χ1v) is 6.33. The van der Waals surface area contributed by atoms with Gasteiger partial charge in [0.15, 0.2) is 5.69 Å². The van der Waals surface area contributed by atoms with Gasteiger partial charge in [-0.3, -0.25) is 4.79 Å². The zero-order valence-corrected chi connectivity index (χ0v) is 11.4. The molecule has 1 amide bonds. The zero-order valence-electron chi connectivity index (χ0n) is 11.4. The lowest BCUT2D eigenvalue weighted by Gasteiger charge is -2.08. The van der Waals surface area contributed by atoms with Crippen molar-refractivity contribution in [1.82, 2.24) is 25.2 Å². The molecule has 0 saturated carbocycles. The number of halogens is 3. The number of aromatic amines is 1. The van der Waals surface area contributed by atoms with Crippen molar-refractivity contribution >= 4 is 11.6 Å². The van der Waals surface area contributed by atoms with Crippen LogP contribution in [-0.2, 0) is 6.18 Å². The summed E-state index contributed by atoms with van der Waals surface area (Å²) >= 11 is 0. The van der Waals surface area contributed by atoms with Crippen molar-refractivity contribution in [2.24, 2.45) is 0 Å². The Morgan fingerprint density at radius 1 is 1.26 bits per heavy atom. The Morgan fingerprint density at radius 2 is 2.09 bits per heavy atom. The third kappa shape index (κ3) is 3.20. The number of anilines is 1. The molecule has 0 spiro atoms. The number of carbonyl (C=O) groups is 1. The summed E-state index contributed by atoms with van der Waals surface area (Å²) in [6.45, 7) is 0. The average Bonchev–Trinajstić information content (AvgIpc) is 3.18. The molecule has 1 aromatic carbocycles. The molecule has 10 heteroatoms. The Morgan fingerprint density at radius 3 is 2.78 bits per heavy atom. The van der Waals surface area contributed by atoms with Crippen molar-refractivity contribution in [3.05, 3.63) is 54.1 Å². The van der Waals surface area contributed by atoms with E-state index in [0.29, 0.717) is 5.69 Å². The minimum Gasteiger partial charge on any atom is -0.318 e. The number of benzene rings is 1. The molecule has 2 N–H and O–H groups in total. The zero-order chi connectivity index (χ0) is 16.4. The van der Waals surface area contributed by atoms with Gasteiger partial charge in [0.2, 0.25) is 0 Å². The Hall–Kier alpha value is -3.17. The minimum atomic E-state index is -4.44. The van der Waals surface area contributed by atoms with Crippen molar-refractivity contribution in [3.8, 4) is 5.69 Å². The number of nitrogens with one attached hydrogen (secondary N) is 2. The number of amides is 1. The van der Waals surface area contributed by atoms with Gasteiger partial charge in [0.1, 0.15) is 0 Å². The molecule has 0 aliphatic carbocycles. The predicted octanol–water partition coefficient (Wildman–Crippen LogP) is 2.26. The summed E-state index contributed by atoms with van der Waals surface area (Å²) in [5, 5.41) is 15.9. The molecule has 23 heavy (non-hydrogen) atoms. The molecular weight excluding hydrogens is 313 g/mol. The van der Waals surface area contributed by atoms with Crippen LogP contribution in [0.25, 0.3) is 5.69 Å². The van der Waals surface area contributed by atoms with E-state index in [1.165, 1.54) is 35.4 Å². The van der Waals surface area contributed by atoms with Gasteiger partial charge in [0.25, 0.3) is 5.91 Å². The summed E-state index contributed by atoms with van der Waals surface area (Å²) < 4.78 is 39.4. The van der Waals surface area contributed by atoms with E-state index < -0.39 is 17.6 Å². The van der Waals surface area contributed by atoms with Crippen LogP contribution < -0.4 is 5.32 Å². The molecule has 0 aliphatic rings. The van der Waals surface area contributed by atoms with Gasteiger partial charge in [0.05, 0.1) is 35.5 Å². The van der Waals surface area contributed by atoms with Crippen LogP contribution >= 0.6 is 0 Å². The third-order valence-electron chi connectivity index (χ3n) is 2.93. The first-order chi connectivity index (χ1) is 10.9. The maximum atomic E-state index is 12.7. The number of hydrogen-bond donors (Lipinski definition) is 2. The fourth-order valence-corrected chi connectivity index (χ4v) is 1.86. The van der Waals surface area contributed by atoms with Crippen molar-refractivity contribution in [2.45, 2.75) is 6.18 Å². The third-order valence-corrected chi connectivity index (χ3v) is 2.93. The minimum absolute atomic E-state index is 0.0804. The summed E-state index contributed by atoms with van der Waals surface area (Å²) in [5.74, 6) is -0.512. The Kier molecular flexibility index (Phi) is 3.56. The molecule has 3 rings (SSSR count). The number of nitrogens with zero attached hydrogens (tertiary/aromatic N) is 4. The van der Waals surface area contributed by atoms with Gasteiger partial charge in [-0.05, 0) is 18.2 Å². The Balaban J connectivity index is 1.81. The summed E-state index contributed by atoms with van der Waals surface area (Å²) in [6, 6.07) is 4.70. The van der Waals surface area contributed by atoms with E-state index in [2.05, 4.69) is 25.8 Å². The standard InChI is InChI=1S/C13H9F3N6O/c14-13(15,16)8-2-1-3-10(4-8)22-7-9(5-18-22)19-12(23)11-6-17-21-20-11/h1-7H,(H,19,23)(H,17,20,21). The molecule has 0 saturated heterocycles. The summed E-state index contributed by atoms with van der Waals surface area (Å²) in [7, 11) is 0. The van der Waals surface area contributed by atoms with E-state index in [0.717, 1.165) is 12.1 Å². The summed E-state index contributed by atoms with van der Waals surface area (Å²) in [5.41, 5.74) is -0.160. The lowest BCUT2D eigenvalue weighted by atomic mass is 10.2. The molecular formula is C13H9F3N6O. The molecule has 0 aliphatic heterocycles. The van der Waals surface area contributed by atoms with E-state index in [1.54, 1.807) is 0 Å². The topological polar surface area (TPSA) is 88.5 Å². The van der Waals surface area contributed by atoms with Crippen LogP contribution in [0.2, 0.25) is 0 Å². The van der Waals surface area contributed by atoms with E-state index in [4.69, 9.17) is 0 Å². The van der Waals surface area contributed by atoms with E-state index in [9.17, 15) is 18.0 Å². The van der Waals surface area contributed by atoms with Gasteiger partial charge < -0.3 is 5.32 Å². The smallest absolute Gasteiger partial charge is 0.318 e. The van der Waals surface area contributed by atoms with Crippen LogP contribution in [0.3, 0.4) is 0 Å². The van der Waals surface area contributed by atoms with Crippen LogP contribution in [0.5, 0.6) is 0 Å². The van der Waals surface area contributed by atoms with E-state index in [1.807, 2.05) is 0 Å². The van der Waals surface area contributed by atoms with Gasteiger partial charge in [-0.1, -0.05) is 6.07 Å². The van der Waals surface area contributed by atoms with Crippen LogP contribution in [0.4, 0.5) is 18.9 Å². The second kappa shape index (κ2) is 5.55. The molecule has 118 valence electrons. The van der Waals surface area contributed by atoms with Crippen molar-refractivity contribution in [3.63, 3.8) is 0 Å². The number of aromatic nitrogens is 5. The Labute approximate surface area is 127 Å². The molecule has 0 fully saturated rings.